The average molecular weight is 784 g/mol. The quantitative estimate of drug-likeness (QED) is 0.227. The lowest BCUT2D eigenvalue weighted by atomic mass is 9.70. The number of Topliss-reactive ketones (excluding diaryl/α,β-unsaturated/α-hetero) is 1. The van der Waals surface area contributed by atoms with E-state index in [1.165, 1.54) is 18.2 Å². The van der Waals surface area contributed by atoms with Crippen molar-refractivity contribution in [3.8, 4) is 17.2 Å². The summed E-state index contributed by atoms with van der Waals surface area (Å²) in [5.41, 5.74) is -3.95. The summed E-state index contributed by atoms with van der Waals surface area (Å²) in [6, 6.07) is 3.61. The van der Waals surface area contributed by atoms with Crippen molar-refractivity contribution >= 4 is 17.3 Å². The van der Waals surface area contributed by atoms with Crippen LogP contribution in [0.3, 0.4) is 0 Å². The summed E-state index contributed by atoms with van der Waals surface area (Å²) >= 11 is 0. The summed E-state index contributed by atoms with van der Waals surface area (Å²) < 4.78 is 44.1. The Hall–Kier alpha value is -3.55. The number of aromatic hydroxyl groups is 3. The molecule has 2 aliphatic carbocycles. The minimum atomic E-state index is -1.87. The van der Waals surface area contributed by atoms with Gasteiger partial charge in [-0.15, -0.1) is 0 Å². The van der Waals surface area contributed by atoms with Crippen molar-refractivity contribution in [1.82, 2.24) is 4.90 Å². The zero-order valence-electron chi connectivity index (χ0n) is 32.0. The smallest absolute Gasteiger partial charge is 0.202 e. The lowest BCUT2D eigenvalue weighted by Crippen LogP contribution is -2.62. The Morgan fingerprint density at radius 3 is 2.21 bits per heavy atom. The molecular weight excluding hydrogens is 734 g/mol. The summed E-state index contributed by atoms with van der Waals surface area (Å²) in [6.07, 6.45) is -8.31. The summed E-state index contributed by atoms with van der Waals surface area (Å²) in [6.45, 7) is 7.02. The topological polar surface area (TPSA) is 220 Å². The number of ketones is 3. The van der Waals surface area contributed by atoms with Gasteiger partial charge in [-0.1, -0.05) is 19.1 Å². The second-order valence-electron chi connectivity index (χ2n) is 16.1. The van der Waals surface area contributed by atoms with Gasteiger partial charge in [-0.2, -0.15) is 0 Å². The predicted molar refractivity (Wildman–Crippen MR) is 191 cm³/mol. The number of fused-ring (bicyclic) bond motifs is 5. The van der Waals surface area contributed by atoms with E-state index in [0.717, 1.165) is 0 Å². The highest BCUT2D eigenvalue weighted by atomic mass is 16.8. The van der Waals surface area contributed by atoms with E-state index in [1.54, 1.807) is 13.8 Å². The van der Waals surface area contributed by atoms with Gasteiger partial charge in [0.15, 0.2) is 30.4 Å². The molecule has 6 aliphatic rings. The first kappa shape index (κ1) is 39.3. The first-order valence-corrected chi connectivity index (χ1v) is 19.2. The molecule has 4 fully saturated rings. The van der Waals surface area contributed by atoms with Gasteiger partial charge in [0.05, 0.1) is 46.7 Å². The highest BCUT2D eigenvalue weighted by Crippen LogP contribution is 2.56. The van der Waals surface area contributed by atoms with Gasteiger partial charge in [0, 0.05) is 48.4 Å². The fourth-order valence-corrected chi connectivity index (χ4v) is 9.31. The third kappa shape index (κ3) is 6.25. The maximum Gasteiger partial charge on any atom is 0.202 e. The normalized spacial score (nSPS) is 39.4. The van der Waals surface area contributed by atoms with E-state index in [2.05, 4.69) is 0 Å². The number of hydrogen-bond donors (Lipinski definition) is 5. The van der Waals surface area contributed by atoms with E-state index < -0.39 is 119 Å². The number of benzene rings is 2. The van der Waals surface area contributed by atoms with E-state index in [9.17, 15) is 39.9 Å². The minimum absolute atomic E-state index is 0.00672. The monoisotopic (exact) mass is 783 g/mol. The zero-order valence-corrected chi connectivity index (χ0v) is 32.0. The van der Waals surface area contributed by atoms with Crippen LogP contribution in [0.5, 0.6) is 17.2 Å². The second-order valence-corrected chi connectivity index (χ2v) is 16.1. The number of aliphatic hydroxyl groups is 2. The molecule has 16 heteroatoms. The van der Waals surface area contributed by atoms with Gasteiger partial charge < -0.3 is 63.6 Å². The number of carbonyl (C=O) groups excluding carboxylic acids is 3. The van der Waals surface area contributed by atoms with Crippen LogP contribution in [0.15, 0.2) is 18.2 Å². The van der Waals surface area contributed by atoms with E-state index in [-0.39, 0.29) is 59.8 Å². The number of nitrogens with zero attached hydrogens (tertiary/aromatic N) is 1. The average Bonchev–Trinajstić information content (AvgIpc) is 3.14. The number of carbonyl (C=O) groups is 3. The Morgan fingerprint density at radius 2 is 1.50 bits per heavy atom. The van der Waals surface area contributed by atoms with Gasteiger partial charge in [-0.25, -0.2) is 0 Å². The van der Waals surface area contributed by atoms with Crippen LogP contribution >= 0.6 is 0 Å². The van der Waals surface area contributed by atoms with Crippen LogP contribution in [0.4, 0.5) is 0 Å². The standard InChI is InChI=1S/C40H49NO15/c1-7-40(49)14-24(28-31(38(40)48)35(47)29-30(34(28)46)33(45)27-18(32(29)44)9-8-10-20(27)42)54-25-11-19(41(5)6)36(16(3)50-25)55-26-13-22-37(17(4)51-26)56-39-23(53-22)12-21(43)15(2)52-39/h8-10,15-17,19,22-26,36-39,42,46-49H,7,11-14H2,1-6H3/t15?,16?,17?,19?,22?,23?,24-,25?,26?,36?,37?,38+,39?,40+/m0/s1. The number of phenols is 3. The fraction of sp³-hybridized carbons (Fsp3) is 0.625. The summed E-state index contributed by atoms with van der Waals surface area (Å²) in [4.78, 5) is 41.8. The Morgan fingerprint density at radius 1 is 0.821 bits per heavy atom. The lowest BCUT2D eigenvalue weighted by molar-refractivity contribution is -0.371. The van der Waals surface area contributed by atoms with Crippen molar-refractivity contribution in [2.75, 3.05) is 14.1 Å². The molecule has 0 spiro atoms. The van der Waals surface area contributed by atoms with Gasteiger partial charge in [0.2, 0.25) is 5.78 Å². The third-order valence-corrected chi connectivity index (χ3v) is 12.4. The fourth-order valence-electron chi connectivity index (χ4n) is 9.31. The van der Waals surface area contributed by atoms with Crippen LogP contribution in [0.1, 0.15) is 115 Å². The molecule has 4 heterocycles. The Labute approximate surface area is 323 Å². The summed E-state index contributed by atoms with van der Waals surface area (Å²) in [5, 5.41) is 57.2. The first-order chi connectivity index (χ1) is 26.5. The summed E-state index contributed by atoms with van der Waals surface area (Å²) in [5.74, 6) is -3.74. The molecule has 56 heavy (non-hydrogen) atoms. The maximum atomic E-state index is 13.8. The number of hydrogen-bond acceptors (Lipinski definition) is 16. The van der Waals surface area contributed by atoms with Crippen molar-refractivity contribution in [2.45, 2.75) is 145 Å². The first-order valence-electron chi connectivity index (χ1n) is 19.2. The van der Waals surface area contributed by atoms with Gasteiger partial charge in [-0.3, -0.25) is 14.4 Å². The van der Waals surface area contributed by atoms with Gasteiger partial charge in [-0.05, 0) is 47.4 Å². The summed E-state index contributed by atoms with van der Waals surface area (Å²) in [7, 11) is 3.76. The van der Waals surface area contributed by atoms with E-state index >= 15 is 0 Å². The van der Waals surface area contributed by atoms with Gasteiger partial charge in [0.1, 0.15) is 47.8 Å². The number of rotatable bonds is 6. The lowest BCUT2D eigenvalue weighted by Gasteiger charge is -2.51. The molecule has 0 radical (unpaired) electrons. The van der Waals surface area contributed by atoms with Crippen LogP contribution in [0.25, 0.3) is 0 Å². The number of ether oxygens (including phenoxy) is 7. The molecule has 2 aromatic carbocycles. The van der Waals surface area contributed by atoms with Crippen LogP contribution in [0, 0.1) is 0 Å². The van der Waals surface area contributed by atoms with Crippen molar-refractivity contribution in [3.63, 3.8) is 0 Å². The minimum Gasteiger partial charge on any atom is -0.507 e. The largest absolute Gasteiger partial charge is 0.507 e. The molecule has 2 aromatic rings. The molecule has 8 rings (SSSR count). The predicted octanol–water partition coefficient (Wildman–Crippen LogP) is 2.66. The molecule has 4 aliphatic heterocycles. The molecule has 11 unspecified atom stereocenters. The Balaban J connectivity index is 1.05. The molecule has 0 amide bonds. The molecule has 0 saturated carbocycles. The van der Waals surface area contributed by atoms with Crippen LogP contribution in [0.2, 0.25) is 0 Å². The third-order valence-electron chi connectivity index (χ3n) is 12.4. The number of likely N-dealkylation sites (N-methyl/N-ethyl adjacent to an activating group) is 1. The number of aliphatic hydroxyl groups excluding tert-OH is 1. The SMILES string of the molecule is CC[C@@]1(O)C[C@H](OC2CC(N(C)C)C(OC3CC4OC5CC(=O)C(C)OC5OC4C(C)O3)C(C)O2)c2c(O)c3c(c(O)c2[C@H]1O)C(=O)c1cccc(O)c1C3=O. The number of phenolic OH excluding ortho intramolecular Hbond substituents is 3. The van der Waals surface area contributed by atoms with Crippen LogP contribution in [-0.2, 0) is 38.0 Å². The Bertz CT molecular complexity index is 1940. The maximum absolute atomic E-state index is 13.8. The van der Waals surface area contributed by atoms with Crippen molar-refractivity contribution in [2.24, 2.45) is 0 Å². The van der Waals surface area contributed by atoms with Crippen LogP contribution < -0.4 is 0 Å². The molecule has 14 atom stereocenters. The molecule has 0 aromatic heterocycles. The van der Waals surface area contributed by atoms with Crippen molar-refractivity contribution in [1.29, 1.82) is 0 Å². The van der Waals surface area contributed by atoms with Gasteiger partial charge >= 0.3 is 0 Å². The second kappa shape index (κ2) is 14.4. The van der Waals surface area contributed by atoms with Crippen molar-refractivity contribution in [3.05, 3.63) is 51.6 Å². The van der Waals surface area contributed by atoms with E-state index in [1.807, 2.05) is 32.8 Å². The van der Waals surface area contributed by atoms with E-state index in [0.29, 0.717) is 6.42 Å². The molecule has 5 N–H and O–H groups in total. The highest BCUT2D eigenvalue weighted by molar-refractivity contribution is 6.31. The van der Waals surface area contributed by atoms with Crippen LogP contribution in [-0.4, -0.2) is 135 Å². The Kier molecular flexibility index (Phi) is 10.1. The van der Waals surface area contributed by atoms with Crippen molar-refractivity contribution < 1.29 is 73.1 Å². The van der Waals surface area contributed by atoms with Gasteiger partial charge in [0.25, 0.3) is 0 Å². The molecule has 16 nitrogen and oxygen atoms in total. The zero-order chi connectivity index (χ0) is 40.1. The molecule has 0 bridgehead atoms. The molecular formula is C40H49NO15. The molecule has 304 valence electrons. The molecule has 4 saturated heterocycles. The van der Waals surface area contributed by atoms with E-state index in [4.69, 9.17) is 33.2 Å². The highest BCUT2D eigenvalue weighted by Gasteiger charge is 2.54.